The monoisotopic (exact) mass is 390 g/mol. The highest BCUT2D eigenvalue weighted by Gasteiger charge is 2.11. The smallest absolute Gasteiger partial charge is 0.269 e. The van der Waals surface area contributed by atoms with Gasteiger partial charge in [-0.05, 0) is 49.6 Å². The summed E-state index contributed by atoms with van der Waals surface area (Å²) in [6, 6.07) is 12.9. The molecule has 28 heavy (non-hydrogen) atoms. The van der Waals surface area contributed by atoms with Gasteiger partial charge in [0.15, 0.2) is 0 Å². The Kier molecular flexibility index (Phi) is 5.52. The minimum absolute atomic E-state index is 0.0329. The number of nitriles is 1. The number of nitro groups is 1. The second kappa shape index (κ2) is 8.03. The van der Waals surface area contributed by atoms with Crippen LogP contribution in [0.1, 0.15) is 21.7 Å². The normalized spacial score (nSPS) is 11.1. The number of hydrogen-bond acceptors (Lipinski definition) is 6. The highest BCUT2D eigenvalue weighted by molar-refractivity contribution is 7.11. The van der Waals surface area contributed by atoms with Gasteiger partial charge in [-0.25, -0.2) is 4.98 Å². The fourth-order valence-electron chi connectivity index (χ4n) is 2.65. The van der Waals surface area contributed by atoms with Crippen LogP contribution in [0.25, 0.3) is 16.8 Å². The van der Waals surface area contributed by atoms with Crippen LogP contribution >= 0.6 is 11.3 Å². The Morgan fingerprint density at radius 2 is 1.96 bits per heavy atom. The first-order chi connectivity index (χ1) is 13.4. The van der Waals surface area contributed by atoms with Gasteiger partial charge in [-0.2, -0.15) is 5.26 Å². The molecule has 1 aromatic heterocycles. The van der Waals surface area contributed by atoms with Crippen molar-refractivity contribution in [1.29, 1.82) is 5.26 Å². The second-order valence-corrected chi connectivity index (χ2v) is 7.27. The lowest BCUT2D eigenvalue weighted by atomic mass is 10.1. The van der Waals surface area contributed by atoms with Crippen LogP contribution in [0.4, 0.5) is 11.4 Å². The highest BCUT2D eigenvalue weighted by Crippen LogP contribution is 2.28. The van der Waals surface area contributed by atoms with E-state index in [0.29, 0.717) is 16.3 Å². The molecular formula is C21H18N4O2S. The number of aryl methyl sites for hydroxylation is 3. The standard InChI is InChI=1S/C21H18N4O2S/c1-13-4-5-16(8-14(13)2)20-12-28-21(24-20)17(10-22)11-23-19-7-6-18(25(26)27)9-15(19)3/h4-9,11-12,23H,1-3H3. The van der Waals surface area contributed by atoms with Crippen LogP contribution < -0.4 is 5.32 Å². The number of aromatic nitrogens is 1. The van der Waals surface area contributed by atoms with E-state index in [9.17, 15) is 15.4 Å². The summed E-state index contributed by atoms with van der Waals surface area (Å²) in [5.74, 6) is 0. The van der Waals surface area contributed by atoms with Crippen molar-refractivity contribution >= 4 is 28.3 Å². The minimum Gasteiger partial charge on any atom is -0.360 e. The summed E-state index contributed by atoms with van der Waals surface area (Å²) in [7, 11) is 0. The fourth-order valence-corrected chi connectivity index (χ4v) is 3.44. The Labute approximate surface area is 167 Å². The average Bonchev–Trinajstić information content (AvgIpc) is 3.15. The molecule has 2 aromatic carbocycles. The van der Waals surface area contributed by atoms with Crippen molar-refractivity contribution in [2.75, 3.05) is 5.32 Å². The van der Waals surface area contributed by atoms with Crippen LogP contribution in [0, 0.1) is 42.2 Å². The lowest BCUT2D eigenvalue weighted by Crippen LogP contribution is -1.95. The number of thiazole rings is 1. The summed E-state index contributed by atoms with van der Waals surface area (Å²) in [4.78, 5) is 15.0. The van der Waals surface area contributed by atoms with Crippen LogP contribution in [0.15, 0.2) is 48.0 Å². The number of rotatable bonds is 5. The van der Waals surface area contributed by atoms with Crippen LogP contribution in [0.5, 0.6) is 0 Å². The molecule has 0 aliphatic carbocycles. The van der Waals surface area contributed by atoms with E-state index < -0.39 is 4.92 Å². The van der Waals surface area contributed by atoms with Gasteiger partial charge in [0, 0.05) is 35.0 Å². The molecule has 0 saturated heterocycles. The molecule has 0 saturated carbocycles. The number of nitrogens with one attached hydrogen (secondary N) is 1. The van der Waals surface area contributed by atoms with Crippen molar-refractivity contribution in [3.8, 4) is 17.3 Å². The molecular weight excluding hydrogens is 372 g/mol. The molecule has 3 aromatic rings. The molecule has 6 nitrogen and oxygen atoms in total. The van der Waals surface area contributed by atoms with E-state index in [1.165, 1.54) is 34.6 Å². The molecule has 0 aliphatic heterocycles. The number of non-ortho nitro benzene ring substituents is 1. The van der Waals surface area contributed by atoms with Crippen molar-refractivity contribution in [3.63, 3.8) is 0 Å². The Morgan fingerprint density at radius 3 is 2.61 bits per heavy atom. The molecule has 0 radical (unpaired) electrons. The number of nitrogens with zero attached hydrogens (tertiary/aromatic N) is 3. The Bertz CT molecular complexity index is 1130. The van der Waals surface area contributed by atoms with Crippen LogP contribution in [-0.4, -0.2) is 9.91 Å². The summed E-state index contributed by atoms with van der Waals surface area (Å²) < 4.78 is 0. The third kappa shape index (κ3) is 4.08. The van der Waals surface area contributed by atoms with Crippen molar-refractivity contribution < 1.29 is 4.92 Å². The van der Waals surface area contributed by atoms with E-state index in [-0.39, 0.29) is 5.69 Å². The molecule has 0 atom stereocenters. The topological polar surface area (TPSA) is 91.8 Å². The first kappa shape index (κ1) is 19.3. The Balaban J connectivity index is 1.84. The van der Waals surface area contributed by atoms with Gasteiger partial charge in [0.25, 0.3) is 5.69 Å². The van der Waals surface area contributed by atoms with E-state index >= 15 is 0 Å². The molecule has 0 fully saturated rings. The molecule has 0 spiro atoms. The summed E-state index contributed by atoms with van der Waals surface area (Å²) in [6.07, 6.45) is 1.58. The van der Waals surface area contributed by atoms with Crippen LogP contribution in [0.2, 0.25) is 0 Å². The predicted octanol–water partition coefficient (Wildman–Crippen LogP) is 5.62. The Morgan fingerprint density at radius 1 is 1.18 bits per heavy atom. The van der Waals surface area contributed by atoms with Crippen molar-refractivity contribution in [2.24, 2.45) is 0 Å². The molecule has 0 bridgehead atoms. The maximum absolute atomic E-state index is 10.8. The molecule has 3 rings (SSSR count). The lowest BCUT2D eigenvalue weighted by molar-refractivity contribution is -0.384. The van der Waals surface area contributed by atoms with Crippen LogP contribution in [0.3, 0.4) is 0 Å². The number of allylic oxidation sites excluding steroid dienone is 1. The van der Waals surface area contributed by atoms with Gasteiger partial charge in [0.2, 0.25) is 0 Å². The van der Waals surface area contributed by atoms with E-state index in [2.05, 4.69) is 42.4 Å². The summed E-state index contributed by atoms with van der Waals surface area (Å²) >= 11 is 1.40. The first-order valence-electron chi connectivity index (χ1n) is 8.54. The first-order valence-corrected chi connectivity index (χ1v) is 9.42. The van der Waals surface area contributed by atoms with E-state index in [1.54, 1.807) is 19.2 Å². The van der Waals surface area contributed by atoms with Crippen molar-refractivity contribution in [3.05, 3.63) is 79.8 Å². The zero-order chi connectivity index (χ0) is 20.3. The van der Waals surface area contributed by atoms with Crippen molar-refractivity contribution in [1.82, 2.24) is 4.98 Å². The fraction of sp³-hybridized carbons (Fsp3) is 0.143. The number of anilines is 1. The SMILES string of the molecule is Cc1ccc(-c2csc(C(C#N)=CNc3ccc([N+](=O)[O-])cc3C)n2)cc1C. The quantitative estimate of drug-likeness (QED) is 0.347. The average molecular weight is 390 g/mol. The molecule has 1 heterocycles. The molecule has 140 valence electrons. The van der Waals surface area contributed by atoms with Gasteiger partial charge in [-0.15, -0.1) is 11.3 Å². The Hall–Kier alpha value is -3.50. The maximum atomic E-state index is 10.8. The predicted molar refractivity (Wildman–Crippen MR) is 112 cm³/mol. The molecule has 1 N–H and O–H groups in total. The van der Waals surface area contributed by atoms with Gasteiger partial charge < -0.3 is 5.32 Å². The van der Waals surface area contributed by atoms with E-state index in [0.717, 1.165) is 16.8 Å². The van der Waals surface area contributed by atoms with Gasteiger partial charge in [-0.3, -0.25) is 10.1 Å². The zero-order valence-corrected chi connectivity index (χ0v) is 16.5. The molecule has 0 unspecified atom stereocenters. The van der Waals surface area contributed by atoms with Crippen LogP contribution in [-0.2, 0) is 0 Å². The second-order valence-electron chi connectivity index (χ2n) is 6.41. The summed E-state index contributed by atoms with van der Waals surface area (Å²) in [5.41, 5.74) is 6.11. The van der Waals surface area contributed by atoms with Crippen molar-refractivity contribution in [2.45, 2.75) is 20.8 Å². The summed E-state index contributed by atoms with van der Waals surface area (Å²) in [5, 5.41) is 26.0. The minimum atomic E-state index is -0.433. The molecule has 0 amide bonds. The summed E-state index contributed by atoms with van der Waals surface area (Å²) in [6.45, 7) is 5.90. The molecule has 7 heteroatoms. The van der Waals surface area contributed by atoms with Gasteiger partial charge in [-0.1, -0.05) is 12.1 Å². The third-order valence-electron chi connectivity index (χ3n) is 4.45. The van der Waals surface area contributed by atoms with E-state index in [4.69, 9.17) is 0 Å². The third-order valence-corrected chi connectivity index (χ3v) is 5.33. The molecule has 0 aliphatic rings. The highest BCUT2D eigenvalue weighted by atomic mass is 32.1. The van der Waals surface area contributed by atoms with Gasteiger partial charge >= 0.3 is 0 Å². The van der Waals surface area contributed by atoms with E-state index in [1.807, 2.05) is 11.4 Å². The lowest BCUT2D eigenvalue weighted by Gasteiger charge is -2.05. The maximum Gasteiger partial charge on any atom is 0.269 e. The zero-order valence-electron chi connectivity index (χ0n) is 15.7. The number of benzene rings is 2. The largest absolute Gasteiger partial charge is 0.360 e. The number of hydrogen-bond donors (Lipinski definition) is 1. The number of nitro benzene ring substituents is 1. The van der Waals surface area contributed by atoms with Gasteiger partial charge in [0.05, 0.1) is 10.6 Å². The van der Waals surface area contributed by atoms with Gasteiger partial charge in [0.1, 0.15) is 16.6 Å².